The lowest BCUT2D eigenvalue weighted by molar-refractivity contribution is 0.315. The molecule has 0 fully saturated rings. The first-order chi connectivity index (χ1) is 13.0. The van der Waals surface area contributed by atoms with Crippen molar-refractivity contribution in [3.05, 3.63) is 52.1 Å². The fourth-order valence-electron chi connectivity index (χ4n) is 5.08. The molecule has 0 amide bonds. The molecule has 0 spiro atoms. The van der Waals surface area contributed by atoms with E-state index in [4.69, 9.17) is 0 Å². The van der Waals surface area contributed by atoms with E-state index >= 15 is 0 Å². The van der Waals surface area contributed by atoms with Gasteiger partial charge in [-0.25, -0.2) is 0 Å². The quantitative estimate of drug-likeness (QED) is 0.440. The van der Waals surface area contributed by atoms with Gasteiger partial charge in [-0.15, -0.1) is 0 Å². The Morgan fingerprint density at radius 3 is 1.70 bits per heavy atom. The predicted molar refractivity (Wildman–Crippen MR) is 123 cm³/mol. The molecule has 0 radical (unpaired) electrons. The molecule has 2 aromatic carbocycles. The minimum atomic E-state index is 1.07. The van der Waals surface area contributed by atoms with E-state index in [-0.39, 0.29) is 0 Å². The molecule has 0 heterocycles. The topological polar surface area (TPSA) is 0 Å². The van der Waals surface area contributed by atoms with Crippen LogP contribution in [0, 0.1) is 13.8 Å². The third-order valence-electron chi connectivity index (χ3n) is 6.94. The Morgan fingerprint density at radius 2 is 1.22 bits per heavy atom. The minimum absolute atomic E-state index is 1.07. The van der Waals surface area contributed by atoms with E-state index in [9.17, 15) is 0 Å². The third kappa shape index (κ3) is 3.59. The van der Waals surface area contributed by atoms with Gasteiger partial charge in [-0.1, -0.05) is 45.0 Å². The summed E-state index contributed by atoms with van der Waals surface area (Å²) in [7, 11) is 0. The zero-order valence-corrected chi connectivity index (χ0v) is 19.0. The molecule has 27 heavy (non-hydrogen) atoms. The highest BCUT2D eigenvalue weighted by atomic mass is 15.3. The maximum Gasteiger partial charge on any atom is 0.144 e. The molecule has 2 rings (SSSR count). The standard InChI is InChI=1S/C26H40N/c1-9-21-17-15-16-18-24(21)25-23(11-3)22(10-2)19(7)20(8)26(25)27(12-4,13-5)14-6/h15-18H,9-14H2,1-8H3/q+1. The summed E-state index contributed by atoms with van der Waals surface area (Å²) >= 11 is 0. The van der Waals surface area contributed by atoms with Crippen LogP contribution in [-0.4, -0.2) is 19.6 Å². The molecule has 0 saturated heterocycles. The van der Waals surface area contributed by atoms with E-state index in [1.807, 2.05) is 0 Å². The van der Waals surface area contributed by atoms with Gasteiger partial charge in [0, 0.05) is 11.1 Å². The van der Waals surface area contributed by atoms with Crippen LogP contribution in [0.4, 0.5) is 5.69 Å². The molecule has 2 aromatic rings. The number of benzene rings is 2. The summed E-state index contributed by atoms with van der Waals surface area (Å²) in [4.78, 5) is 0. The van der Waals surface area contributed by atoms with Gasteiger partial charge in [0.1, 0.15) is 5.69 Å². The van der Waals surface area contributed by atoms with Gasteiger partial charge < -0.3 is 0 Å². The van der Waals surface area contributed by atoms with E-state index in [1.165, 1.54) is 22.3 Å². The molecular formula is C26H40N+. The fraction of sp³-hybridized carbons (Fsp3) is 0.538. The Balaban J connectivity index is 3.10. The Kier molecular flexibility index (Phi) is 7.28. The van der Waals surface area contributed by atoms with Crippen LogP contribution >= 0.6 is 0 Å². The smallest absolute Gasteiger partial charge is 0.144 e. The average Bonchev–Trinajstić information content (AvgIpc) is 2.72. The average molecular weight is 367 g/mol. The number of hydrogen-bond acceptors (Lipinski definition) is 0. The number of nitrogens with zero attached hydrogens (tertiary/aromatic N) is 1. The van der Waals surface area contributed by atoms with Crippen LogP contribution in [0.3, 0.4) is 0 Å². The molecule has 1 nitrogen and oxygen atoms in total. The highest BCUT2D eigenvalue weighted by Gasteiger charge is 2.34. The molecule has 0 atom stereocenters. The van der Waals surface area contributed by atoms with Crippen LogP contribution in [0.15, 0.2) is 24.3 Å². The van der Waals surface area contributed by atoms with Crippen LogP contribution in [0.5, 0.6) is 0 Å². The van der Waals surface area contributed by atoms with E-state index in [0.717, 1.165) is 43.4 Å². The Bertz CT molecular complexity index is 773. The summed E-state index contributed by atoms with van der Waals surface area (Å²) in [6, 6.07) is 9.09. The predicted octanol–water partition coefficient (Wildman–Crippen LogP) is 7.02. The molecule has 0 aliphatic heterocycles. The van der Waals surface area contributed by atoms with Gasteiger partial charge in [-0.2, -0.15) is 0 Å². The number of quaternary nitrogens is 1. The Morgan fingerprint density at radius 1 is 0.667 bits per heavy atom. The first kappa shape index (κ1) is 21.7. The van der Waals surface area contributed by atoms with Crippen LogP contribution in [0.2, 0.25) is 0 Å². The van der Waals surface area contributed by atoms with Gasteiger partial charge in [0.25, 0.3) is 0 Å². The lowest BCUT2D eigenvalue weighted by Gasteiger charge is -2.40. The van der Waals surface area contributed by atoms with Crippen molar-refractivity contribution in [2.45, 2.75) is 74.7 Å². The molecule has 0 bridgehead atoms. The zero-order valence-electron chi connectivity index (χ0n) is 19.0. The summed E-state index contributed by atoms with van der Waals surface area (Å²) in [5.74, 6) is 0. The number of aryl methyl sites for hydroxylation is 1. The number of hydrogen-bond donors (Lipinski definition) is 0. The van der Waals surface area contributed by atoms with Crippen LogP contribution in [0.25, 0.3) is 11.1 Å². The SMILES string of the molecule is CCc1ccccc1-c1c(CC)c(CC)c(C)c(C)c1[N+](CC)(CC)CC. The highest BCUT2D eigenvalue weighted by molar-refractivity contribution is 5.86. The Hall–Kier alpha value is -1.60. The summed E-state index contributed by atoms with van der Waals surface area (Å²) in [6.45, 7) is 22.2. The van der Waals surface area contributed by atoms with Crippen molar-refractivity contribution < 1.29 is 0 Å². The molecule has 0 unspecified atom stereocenters. The van der Waals surface area contributed by atoms with Crippen molar-refractivity contribution in [2.75, 3.05) is 19.6 Å². The first-order valence-corrected chi connectivity index (χ1v) is 11.1. The summed E-state index contributed by atoms with van der Waals surface area (Å²) in [5.41, 5.74) is 12.2. The second kappa shape index (κ2) is 9.06. The van der Waals surface area contributed by atoms with E-state index in [1.54, 1.807) is 22.4 Å². The van der Waals surface area contributed by atoms with Gasteiger partial charge in [0.05, 0.1) is 19.6 Å². The van der Waals surface area contributed by atoms with Gasteiger partial charge in [-0.05, 0) is 81.7 Å². The second-order valence-corrected chi connectivity index (χ2v) is 7.74. The van der Waals surface area contributed by atoms with Crippen LogP contribution in [-0.2, 0) is 19.3 Å². The monoisotopic (exact) mass is 366 g/mol. The molecule has 0 aliphatic rings. The molecule has 1 heteroatoms. The fourth-order valence-corrected chi connectivity index (χ4v) is 5.08. The summed E-state index contributed by atoms with van der Waals surface area (Å²) < 4.78 is 1.07. The molecule has 0 aromatic heterocycles. The molecule has 0 N–H and O–H groups in total. The van der Waals surface area contributed by atoms with Gasteiger partial charge >= 0.3 is 0 Å². The summed E-state index contributed by atoms with van der Waals surface area (Å²) in [5, 5.41) is 0. The van der Waals surface area contributed by atoms with Crippen molar-refractivity contribution in [1.29, 1.82) is 0 Å². The van der Waals surface area contributed by atoms with Crippen molar-refractivity contribution in [1.82, 2.24) is 4.48 Å². The molecule has 0 saturated carbocycles. The Labute approximate surface area is 168 Å². The van der Waals surface area contributed by atoms with Crippen LogP contribution in [0.1, 0.15) is 69.4 Å². The molecule has 148 valence electrons. The van der Waals surface area contributed by atoms with Crippen LogP contribution < -0.4 is 4.48 Å². The second-order valence-electron chi connectivity index (χ2n) is 7.74. The van der Waals surface area contributed by atoms with Crippen molar-refractivity contribution in [3.8, 4) is 11.1 Å². The maximum atomic E-state index is 2.37. The maximum absolute atomic E-state index is 2.37. The third-order valence-corrected chi connectivity index (χ3v) is 6.94. The van der Waals surface area contributed by atoms with Crippen molar-refractivity contribution in [3.63, 3.8) is 0 Å². The molecule has 0 aliphatic carbocycles. The van der Waals surface area contributed by atoms with Gasteiger partial charge in [-0.3, -0.25) is 4.48 Å². The molecular weight excluding hydrogens is 326 g/mol. The van der Waals surface area contributed by atoms with E-state index in [0.29, 0.717) is 0 Å². The van der Waals surface area contributed by atoms with E-state index in [2.05, 4.69) is 79.7 Å². The highest BCUT2D eigenvalue weighted by Crippen LogP contribution is 2.45. The normalized spacial score (nSPS) is 11.9. The van der Waals surface area contributed by atoms with Gasteiger partial charge in [0.2, 0.25) is 0 Å². The largest absolute Gasteiger partial charge is 0.291 e. The lowest BCUT2D eigenvalue weighted by atomic mass is 9.82. The lowest BCUT2D eigenvalue weighted by Crippen LogP contribution is -2.49. The van der Waals surface area contributed by atoms with Crippen molar-refractivity contribution >= 4 is 5.69 Å². The number of rotatable bonds is 8. The first-order valence-electron chi connectivity index (χ1n) is 11.1. The van der Waals surface area contributed by atoms with Gasteiger partial charge in [0.15, 0.2) is 0 Å². The van der Waals surface area contributed by atoms with E-state index < -0.39 is 0 Å². The zero-order chi connectivity index (χ0) is 20.2. The van der Waals surface area contributed by atoms with Crippen molar-refractivity contribution in [2.24, 2.45) is 0 Å². The summed E-state index contributed by atoms with van der Waals surface area (Å²) in [6.07, 6.45) is 3.29. The minimum Gasteiger partial charge on any atom is -0.291 e.